The van der Waals surface area contributed by atoms with Crippen molar-refractivity contribution < 1.29 is 14.7 Å². The second-order valence-electron chi connectivity index (χ2n) is 8.72. The number of carbonyl (C=O) groups is 1. The van der Waals surface area contributed by atoms with E-state index in [0.717, 1.165) is 59.3 Å². The minimum Gasteiger partial charge on any atom is -0.478 e. The Labute approximate surface area is 191 Å². The van der Waals surface area contributed by atoms with Crippen LogP contribution in [0, 0.1) is 0 Å². The molecule has 0 bridgehead atoms. The van der Waals surface area contributed by atoms with Crippen LogP contribution in [-0.4, -0.2) is 34.7 Å². The fraction of sp³-hybridized carbons (Fsp3) is 0.375. The zero-order valence-corrected chi connectivity index (χ0v) is 18.5. The molecule has 162 valence electrons. The topological polar surface area (TPSA) is 61.8 Å². The molecule has 1 aliphatic carbocycles. The zero-order valence-electron chi connectivity index (χ0n) is 17.0. The summed E-state index contributed by atoms with van der Waals surface area (Å²) >= 11 is 12.9. The highest BCUT2D eigenvalue weighted by atomic mass is 35.5. The van der Waals surface area contributed by atoms with E-state index < -0.39 is 5.97 Å². The van der Waals surface area contributed by atoms with Crippen LogP contribution in [0.5, 0.6) is 0 Å². The Balaban J connectivity index is 1.24. The van der Waals surface area contributed by atoms with Gasteiger partial charge in [-0.2, -0.15) is 0 Å². The van der Waals surface area contributed by atoms with Gasteiger partial charge in [0.25, 0.3) is 0 Å². The standard InChI is InChI=1S/C24H24Cl2N2O3/c25-20-12-21(26)19(15-1-2-15)11-18(20)14-28-9-7-24(8-10-28)13-22(27-31-24)16-3-5-17(6-4-16)23(29)30/h3-6,11-13,15,27H,1-2,7-10,14H2,(H,29,30). The van der Waals surface area contributed by atoms with Gasteiger partial charge in [0.1, 0.15) is 5.60 Å². The number of hydrogen-bond donors (Lipinski definition) is 2. The molecule has 0 radical (unpaired) electrons. The maximum atomic E-state index is 11.1. The van der Waals surface area contributed by atoms with Crippen molar-refractivity contribution in [3.05, 3.63) is 74.8 Å². The summed E-state index contributed by atoms with van der Waals surface area (Å²) in [6.45, 7) is 2.62. The minimum absolute atomic E-state index is 0.275. The number of nitrogens with one attached hydrogen (secondary N) is 1. The summed E-state index contributed by atoms with van der Waals surface area (Å²) in [4.78, 5) is 19.5. The molecule has 2 aromatic rings. The van der Waals surface area contributed by atoms with E-state index in [1.54, 1.807) is 24.3 Å². The third kappa shape index (κ3) is 4.33. The number of halogens is 2. The maximum Gasteiger partial charge on any atom is 0.335 e. The van der Waals surface area contributed by atoms with Gasteiger partial charge in [-0.15, -0.1) is 0 Å². The molecule has 1 saturated carbocycles. The monoisotopic (exact) mass is 458 g/mol. The molecule has 0 unspecified atom stereocenters. The van der Waals surface area contributed by atoms with E-state index >= 15 is 0 Å². The summed E-state index contributed by atoms with van der Waals surface area (Å²) in [5.74, 6) is -0.329. The molecule has 2 heterocycles. The van der Waals surface area contributed by atoms with Crippen LogP contribution < -0.4 is 5.48 Å². The van der Waals surface area contributed by atoms with Gasteiger partial charge in [0.05, 0.1) is 11.3 Å². The van der Waals surface area contributed by atoms with Crippen LogP contribution in [0.25, 0.3) is 5.70 Å². The lowest BCUT2D eigenvalue weighted by atomic mass is 9.90. The first kappa shape index (κ1) is 20.8. The number of likely N-dealkylation sites (tertiary alicyclic amines) is 1. The lowest BCUT2D eigenvalue weighted by Crippen LogP contribution is -2.44. The molecule has 31 heavy (non-hydrogen) atoms. The van der Waals surface area contributed by atoms with E-state index in [0.29, 0.717) is 5.92 Å². The SMILES string of the molecule is O=C(O)c1ccc(C2=CC3(CCN(Cc4cc(C5CC5)c(Cl)cc4Cl)CC3)ON2)cc1. The number of benzene rings is 2. The van der Waals surface area contributed by atoms with Crippen LogP contribution in [0.3, 0.4) is 0 Å². The van der Waals surface area contributed by atoms with Crippen LogP contribution in [-0.2, 0) is 11.4 Å². The number of nitrogens with zero attached hydrogens (tertiary/aromatic N) is 1. The summed E-state index contributed by atoms with van der Waals surface area (Å²) in [7, 11) is 0. The lowest BCUT2D eigenvalue weighted by molar-refractivity contribution is -0.0703. The molecule has 0 aromatic heterocycles. The van der Waals surface area contributed by atoms with E-state index in [2.05, 4.69) is 22.5 Å². The molecular formula is C24H24Cl2N2O3. The van der Waals surface area contributed by atoms with Crippen LogP contribution >= 0.6 is 23.2 Å². The van der Waals surface area contributed by atoms with Gasteiger partial charge < -0.3 is 5.11 Å². The molecule has 1 spiro atoms. The predicted octanol–water partition coefficient (Wildman–Crippen LogP) is 5.48. The summed E-state index contributed by atoms with van der Waals surface area (Å²) in [6.07, 6.45) is 6.31. The van der Waals surface area contributed by atoms with Crippen LogP contribution in [0.2, 0.25) is 10.0 Å². The van der Waals surface area contributed by atoms with Crippen molar-refractivity contribution >= 4 is 34.9 Å². The van der Waals surface area contributed by atoms with Crippen LogP contribution in [0.1, 0.15) is 58.6 Å². The highest BCUT2D eigenvalue weighted by Gasteiger charge is 2.39. The Hall–Kier alpha value is -2.05. The summed E-state index contributed by atoms with van der Waals surface area (Å²) in [5.41, 5.74) is 7.18. The Bertz CT molecular complexity index is 1040. The molecule has 0 atom stereocenters. The van der Waals surface area contributed by atoms with Crippen molar-refractivity contribution in [3.63, 3.8) is 0 Å². The molecule has 3 aliphatic rings. The highest BCUT2D eigenvalue weighted by Crippen LogP contribution is 2.45. The molecule has 1 saturated heterocycles. The normalized spacial score (nSPS) is 20.5. The average Bonchev–Trinajstić information content (AvgIpc) is 3.52. The number of carboxylic acids is 1. The Morgan fingerprint density at radius 3 is 2.48 bits per heavy atom. The fourth-order valence-corrected chi connectivity index (χ4v) is 5.03. The number of aromatic carboxylic acids is 1. The van der Waals surface area contributed by atoms with E-state index in [9.17, 15) is 4.79 Å². The Morgan fingerprint density at radius 1 is 1.13 bits per heavy atom. The van der Waals surface area contributed by atoms with E-state index in [1.807, 2.05) is 6.07 Å². The van der Waals surface area contributed by atoms with Gasteiger partial charge in [-0.25, -0.2) is 4.79 Å². The van der Waals surface area contributed by atoms with Gasteiger partial charge in [-0.3, -0.25) is 15.2 Å². The molecule has 2 aliphatic heterocycles. The van der Waals surface area contributed by atoms with Gasteiger partial charge in [0.2, 0.25) is 0 Å². The first-order chi connectivity index (χ1) is 14.9. The van der Waals surface area contributed by atoms with Crippen LogP contribution in [0.15, 0.2) is 42.5 Å². The first-order valence-corrected chi connectivity index (χ1v) is 11.4. The van der Waals surface area contributed by atoms with Gasteiger partial charge >= 0.3 is 5.97 Å². The molecule has 5 nitrogen and oxygen atoms in total. The Kier molecular flexibility index (Phi) is 5.47. The molecule has 2 fully saturated rings. The molecule has 0 amide bonds. The van der Waals surface area contributed by atoms with E-state index in [-0.39, 0.29) is 11.2 Å². The van der Waals surface area contributed by atoms with E-state index in [4.69, 9.17) is 33.1 Å². The van der Waals surface area contributed by atoms with Gasteiger partial charge in [0, 0.05) is 29.7 Å². The summed E-state index contributed by atoms with van der Waals surface area (Å²) < 4.78 is 0. The van der Waals surface area contributed by atoms with Gasteiger partial charge in [0.15, 0.2) is 0 Å². The molecule has 2 N–H and O–H groups in total. The third-order valence-corrected chi connectivity index (χ3v) is 7.17. The van der Waals surface area contributed by atoms with Crippen molar-refractivity contribution in [2.45, 2.75) is 43.7 Å². The molecule has 5 rings (SSSR count). The van der Waals surface area contributed by atoms with Crippen LogP contribution in [0.4, 0.5) is 0 Å². The van der Waals surface area contributed by atoms with E-state index in [1.165, 1.54) is 18.4 Å². The predicted molar refractivity (Wildman–Crippen MR) is 121 cm³/mol. The number of hydrogen-bond acceptors (Lipinski definition) is 4. The van der Waals surface area contributed by atoms with Crippen molar-refractivity contribution in [2.75, 3.05) is 13.1 Å². The smallest absolute Gasteiger partial charge is 0.335 e. The second kappa shape index (κ2) is 8.14. The van der Waals surface area contributed by atoms with Crippen molar-refractivity contribution in [2.24, 2.45) is 0 Å². The van der Waals surface area contributed by atoms with Gasteiger partial charge in [-0.05, 0) is 72.6 Å². The maximum absolute atomic E-state index is 11.1. The van der Waals surface area contributed by atoms with Crippen molar-refractivity contribution in [1.29, 1.82) is 0 Å². The fourth-order valence-electron chi connectivity index (χ4n) is 4.43. The minimum atomic E-state index is -0.926. The quantitative estimate of drug-likeness (QED) is 0.620. The number of rotatable bonds is 5. The Morgan fingerprint density at radius 2 is 1.84 bits per heavy atom. The zero-order chi connectivity index (χ0) is 21.6. The molecule has 2 aromatic carbocycles. The molecule has 7 heteroatoms. The first-order valence-electron chi connectivity index (χ1n) is 10.6. The number of piperidine rings is 1. The largest absolute Gasteiger partial charge is 0.478 e. The second-order valence-corrected chi connectivity index (χ2v) is 9.54. The average molecular weight is 459 g/mol. The third-order valence-electron chi connectivity index (χ3n) is 6.49. The van der Waals surface area contributed by atoms with Crippen molar-refractivity contribution in [1.82, 2.24) is 10.4 Å². The number of hydroxylamine groups is 1. The lowest BCUT2D eigenvalue weighted by Gasteiger charge is -2.36. The number of carboxylic acid groups (broad SMARTS) is 1. The van der Waals surface area contributed by atoms with Crippen molar-refractivity contribution in [3.8, 4) is 0 Å². The highest BCUT2D eigenvalue weighted by molar-refractivity contribution is 6.35. The summed E-state index contributed by atoms with van der Waals surface area (Å²) in [5, 5.41) is 10.6. The molecular weight excluding hydrogens is 435 g/mol. The summed E-state index contributed by atoms with van der Waals surface area (Å²) in [6, 6.07) is 10.9. The van der Waals surface area contributed by atoms with Gasteiger partial charge in [-0.1, -0.05) is 41.4 Å².